The average molecular weight is 348 g/mol. The molecule has 1 rings (SSSR count). The first-order valence-electron chi connectivity index (χ1n) is 6.06. The Morgan fingerprint density at radius 1 is 1.32 bits per heavy atom. The van der Waals surface area contributed by atoms with E-state index in [1.54, 1.807) is 6.92 Å². The van der Waals surface area contributed by atoms with Crippen LogP contribution in [0.2, 0.25) is 0 Å². The number of amides is 1. The summed E-state index contributed by atoms with van der Waals surface area (Å²) in [5.41, 5.74) is 0.957. The highest BCUT2D eigenvalue weighted by Gasteiger charge is 2.22. The number of alkyl halides is 1. The number of hydrogen-bond acceptors (Lipinski definition) is 3. The Labute approximate surface area is 122 Å². The highest BCUT2D eigenvalue weighted by molar-refractivity contribution is 9.09. The molecule has 1 atom stereocenters. The van der Waals surface area contributed by atoms with Gasteiger partial charge in [-0.05, 0) is 12.5 Å². The molecule has 0 spiro atoms. The highest BCUT2D eigenvalue weighted by Crippen LogP contribution is 2.20. The number of halogens is 1. The molecule has 0 aliphatic rings. The van der Waals surface area contributed by atoms with E-state index in [-0.39, 0.29) is 11.7 Å². The summed E-state index contributed by atoms with van der Waals surface area (Å²) in [4.78, 5) is 11.4. The molecule has 4 nitrogen and oxygen atoms in total. The van der Waals surface area contributed by atoms with Gasteiger partial charge in [-0.15, -0.1) is 0 Å². The van der Waals surface area contributed by atoms with E-state index in [2.05, 4.69) is 21.2 Å². The second-order valence-corrected chi connectivity index (χ2v) is 7.03. The van der Waals surface area contributed by atoms with Crippen LogP contribution in [0.3, 0.4) is 0 Å². The average Bonchev–Trinajstić information content (AvgIpc) is 2.36. The normalized spacial score (nSPS) is 12.9. The molecular formula is C13H18BrNO3S. The Hall–Kier alpha value is -0.880. The van der Waals surface area contributed by atoms with Crippen LogP contribution in [0.4, 0.5) is 0 Å². The van der Waals surface area contributed by atoms with Crippen LogP contribution in [0.15, 0.2) is 30.3 Å². The molecule has 6 heteroatoms. The molecule has 0 radical (unpaired) electrons. The number of carbonyl (C=O) groups excluding carboxylic acids is 1. The van der Waals surface area contributed by atoms with Crippen molar-refractivity contribution >= 4 is 31.7 Å². The van der Waals surface area contributed by atoms with Gasteiger partial charge in [-0.25, -0.2) is 8.42 Å². The lowest BCUT2D eigenvalue weighted by Gasteiger charge is -2.14. The van der Waals surface area contributed by atoms with Gasteiger partial charge in [-0.3, -0.25) is 4.79 Å². The molecular weight excluding hydrogens is 330 g/mol. The Kier molecular flexibility index (Phi) is 6.51. The van der Waals surface area contributed by atoms with E-state index in [1.165, 1.54) is 0 Å². The van der Waals surface area contributed by atoms with Gasteiger partial charge in [-0.1, -0.05) is 46.3 Å². The van der Waals surface area contributed by atoms with Crippen molar-refractivity contribution in [2.75, 3.05) is 23.4 Å². The van der Waals surface area contributed by atoms with Gasteiger partial charge in [0.25, 0.3) is 0 Å². The van der Waals surface area contributed by atoms with Gasteiger partial charge < -0.3 is 5.32 Å². The van der Waals surface area contributed by atoms with Crippen LogP contribution in [0.1, 0.15) is 18.4 Å². The van der Waals surface area contributed by atoms with Crippen LogP contribution in [-0.4, -0.2) is 37.7 Å². The van der Waals surface area contributed by atoms with Crippen LogP contribution in [-0.2, 0) is 14.6 Å². The summed E-state index contributed by atoms with van der Waals surface area (Å²) in [6, 6.07) is 9.43. The maximum Gasteiger partial charge on any atom is 0.235 e. The number of carbonyl (C=O) groups is 1. The van der Waals surface area contributed by atoms with Crippen molar-refractivity contribution < 1.29 is 13.2 Å². The Balaban J connectivity index is 2.73. The zero-order chi connectivity index (χ0) is 14.3. The third-order valence-electron chi connectivity index (χ3n) is 2.64. The standard InChI is InChI=1S/C13H18BrNO3S/c1-2-15-13(16)10-19(17,18)9-12(8-14)11-6-4-3-5-7-11/h3-7,12H,2,8-10H2,1H3,(H,15,16). The van der Waals surface area contributed by atoms with Gasteiger partial charge in [0.05, 0.1) is 5.75 Å². The molecule has 1 aromatic rings. The lowest BCUT2D eigenvalue weighted by Crippen LogP contribution is -2.32. The number of benzene rings is 1. The largest absolute Gasteiger partial charge is 0.356 e. The number of hydrogen-bond donors (Lipinski definition) is 1. The lowest BCUT2D eigenvalue weighted by atomic mass is 10.0. The topological polar surface area (TPSA) is 63.2 Å². The summed E-state index contributed by atoms with van der Waals surface area (Å²) < 4.78 is 24.0. The fraction of sp³-hybridized carbons (Fsp3) is 0.462. The summed E-state index contributed by atoms with van der Waals surface area (Å²) in [6.07, 6.45) is 0. The van der Waals surface area contributed by atoms with Gasteiger partial charge in [0.1, 0.15) is 5.75 Å². The zero-order valence-electron chi connectivity index (χ0n) is 10.8. The van der Waals surface area contributed by atoms with E-state index >= 15 is 0 Å². The summed E-state index contributed by atoms with van der Waals surface area (Å²) >= 11 is 3.34. The minimum absolute atomic E-state index is 0.0284. The van der Waals surface area contributed by atoms with Crippen molar-refractivity contribution in [1.29, 1.82) is 0 Å². The minimum Gasteiger partial charge on any atom is -0.356 e. The first-order valence-corrected chi connectivity index (χ1v) is 9.00. The predicted molar refractivity (Wildman–Crippen MR) is 80.3 cm³/mol. The molecule has 1 unspecified atom stereocenters. The van der Waals surface area contributed by atoms with Gasteiger partial charge in [0.15, 0.2) is 9.84 Å². The van der Waals surface area contributed by atoms with Crippen LogP contribution in [0.5, 0.6) is 0 Å². The van der Waals surface area contributed by atoms with Crippen LogP contribution >= 0.6 is 15.9 Å². The van der Waals surface area contributed by atoms with Gasteiger partial charge >= 0.3 is 0 Å². The van der Waals surface area contributed by atoms with Gasteiger partial charge in [-0.2, -0.15) is 0 Å². The van der Waals surface area contributed by atoms with E-state index < -0.39 is 21.5 Å². The van der Waals surface area contributed by atoms with E-state index in [9.17, 15) is 13.2 Å². The maximum atomic E-state index is 12.0. The van der Waals surface area contributed by atoms with Crippen molar-refractivity contribution in [1.82, 2.24) is 5.32 Å². The summed E-state index contributed by atoms with van der Waals surface area (Å²) in [5.74, 6) is -1.05. The lowest BCUT2D eigenvalue weighted by molar-refractivity contribution is -0.118. The summed E-state index contributed by atoms with van der Waals surface area (Å²) in [7, 11) is -3.40. The molecule has 19 heavy (non-hydrogen) atoms. The van der Waals surface area contributed by atoms with Gasteiger partial charge in [0, 0.05) is 17.8 Å². The fourth-order valence-corrected chi connectivity index (χ4v) is 4.22. The predicted octanol–water partition coefficient (Wildman–Crippen LogP) is 1.72. The quantitative estimate of drug-likeness (QED) is 0.763. The molecule has 0 aromatic heterocycles. The number of sulfone groups is 1. The maximum absolute atomic E-state index is 12.0. The monoisotopic (exact) mass is 347 g/mol. The van der Waals surface area contributed by atoms with Crippen molar-refractivity contribution in [3.05, 3.63) is 35.9 Å². The van der Waals surface area contributed by atoms with Gasteiger partial charge in [0.2, 0.25) is 5.91 Å². The third-order valence-corrected chi connectivity index (χ3v) is 5.03. The van der Waals surface area contributed by atoms with Crippen LogP contribution < -0.4 is 5.32 Å². The number of rotatable bonds is 7. The van der Waals surface area contributed by atoms with E-state index in [4.69, 9.17) is 0 Å². The molecule has 0 aliphatic carbocycles. The summed E-state index contributed by atoms with van der Waals surface area (Å²) in [6.45, 7) is 2.20. The molecule has 0 aliphatic heterocycles. The Bertz CT molecular complexity index is 502. The first kappa shape index (κ1) is 16.2. The fourth-order valence-electron chi connectivity index (χ4n) is 1.77. The highest BCUT2D eigenvalue weighted by atomic mass is 79.9. The molecule has 0 fully saturated rings. The molecule has 106 valence electrons. The second kappa shape index (κ2) is 7.65. The Morgan fingerprint density at radius 2 is 1.95 bits per heavy atom. The zero-order valence-corrected chi connectivity index (χ0v) is 13.2. The minimum atomic E-state index is -3.40. The van der Waals surface area contributed by atoms with Crippen molar-refractivity contribution in [3.8, 4) is 0 Å². The first-order chi connectivity index (χ1) is 8.98. The van der Waals surface area contributed by atoms with E-state index in [0.717, 1.165) is 5.56 Å². The molecule has 0 saturated heterocycles. The molecule has 1 amide bonds. The Morgan fingerprint density at radius 3 is 2.47 bits per heavy atom. The molecule has 0 bridgehead atoms. The van der Waals surface area contributed by atoms with E-state index in [0.29, 0.717) is 11.9 Å². The molecule has 1 aromatic carbocycles. The second-order valence-electron chi connectivity index (χ2n) is 4.27. The third kappa shape index (κ3) is 5.74. The van der Waals surface area contributed by atoms with Crippen LogP contribution in [0.25, 0.3) is 0 Å². The van der Waals surface area contributed by atoms with Crippen molar-refractivity contribution in [2.24, 2.45) is 0 Å². The smallest absolute Gasteiger partial charge is 0.235 e. The molecule has 0 heterocycles. The van der Waals surface area contributed by atoms with Crippen molar-refractivity contribution in [2.45, 2.75) is 12.8 Å². The molecule has 1 N–H and O–H groups in total. The number of nitrogens with one attached hydrogen (secondary N) is 1. The summed E-state index contributed by atoms with van der Waals surface area (Å²) in [5, 5.41) is 3.05. The van der Waals surface area contributed by atoms with E-state index in [1.807, 2.05) is 30.3 Å². The van der Waals surface area contributed by atoms with Crippen molar-refractivity contribution in [3.63, 3.8) is 0 Å². The van der Waals surface area contributed by atoms with Crippen LogP contribution in [0, 0.1) is 0 Å². The SMILES string of the molecule is CCNC(=O)CS(=O)(=O)CC(CBr)c1ccccc1. The molecule has 0 saturated carbocycles.